The van der Waals surface area contributed by atoms with Gasteiger partial charge in [0.25, 0.3) is 5.91 Å². The predicted octanol–water partition coefficient (Wildman–Crippen LogP) is 5.04. The van der Waals surface area contributed by atoms with Gasteiger partial charge in [-0.25, -0.2) is 17.2 Å². The first-order valence-electron chi connectivity index (χ1n) is 11.1. The molecule has 11 heteroatoms. The van der Waals surface area contributed by atoms with Crippen molar-refractivity contribution < 1.29 is 22.0 Å². The topological polar surface area (TPSA) is 69.7 Å². The molecule has 1 heterocycles. The first-order valence-corrected chi connectivity index (χ1v) is 13.3. The van der Waals surface area contributed by atoms with Crippen LogP contribution in [0.4, 0.5) is 14.5 Å². The Balaban J connectivity index is 0.00000324. The quantitative estimate of drug-likeness (QED) is 0.540. The molecule has 1 aliphatic carbocycles. The highest BCUT2D eigenvalue weighted by Crippen LogP contribution is 2.26. The number of hydrogen-bond donors (Lipinski definition) is 1. The van der Waals surface area contributed by atoms with E-state index in [0.29, 0.717) is 36.7 Å². The highest BCUT2D eigenvalue weighted by Gasteiger charge is 2.32. The van der Waals surface area contributed by atoms with Crippen molar-refractivity contribution in [1.29, 1.82) is 0 Å². The van der Waals surface area contributed by atoms with Crippen molar-refractivity contribution in [3.05, 3.63) is 58.1 Å². The van der Waals surface area contributed by atoms with Gasteiger partial charge in [-0.2, -0.15) is 4.31 Å². The minimum atomic E-state index is -3.90. The molecular formula is C23H27BrClF2N3O3S. The smallest absolute Gasteiger partial charge is 0.258 e. The maximum atomic E-state index is 14.4. The van der Waals surface area contributed by atoms with Crippen molar-refractivity contribution in [1.82, 2.24) is 9.21 Å². The second-order valence-electron chi connectivity index (χ2n) is 8.45. The van der Waals surface area contributed by atoms with Crippen LogP contribution >= 0.6 is 28.3 Å². The van der Waals surface area contributed by atoms with Gasteiger partial charge in [-0.05, 0) is 49.2 Å². The molecule has 2 aromatic rings. The molecule has 0 unspecified atom stereocenters. The van der Waals surface area contributed by atoms with Crippen LogP contribution in [0.1, 0.15) is 42.5 Å². The van der Waals surface area contributed by atoms with Crippen LogP contribution in [0.5, 0.6) is 0 Å². The average molecular weight is 579 g/mol. The number of benzene rings is 2. The molecule has 2 aromatic carbocycles. The van der Waals surface area contributed by atoms with E-state index in [-0.39, 0.29) is 23.0 Å². The van der Waals surface area contributed by atoms with Crippen molar-refractivity contribution in [3.63, 3.8) is 0 Å². The van der Waals surface area contributed by atoms with E-state index in [2.05, 4.69) is 26.1 Å². The summed E-state index contributed by atoms with van der Waals surface area (Å²) in [5, 5.41) is 2.31. The largest absolute Gasteiger partial charge is 0.319 e. The van der Waals surface area contributed by atoms with E-state index >= 15 is 0 Å². The number of rotatable bonds is 5. The van der Waals surface area contributed by atoms with Gasteiger partial charge in [0.15, 0.2) is 0 Å². The van der Waals surface area contributed by atoms with Gasteiger partial charge in [-0.1, -0.05) is 35.2 Å². The summed E-state index contributed by atoms with van der Waals surface area (Å²) >= 11 is 3.13. The van der Waals surface area contributed by atoms with Gasteiger partial charge in [0.05, 0.1) is 16.1 Å². The van der Waals surface area contributed by atoms with Gasteiger partial charge in [-0.3, -0.25) is 9.69 Å². The van der Waals surface area contributed by atoms with E-state index < -0.39 is 33.1 Å². The first kappa shape index (κ1) is 27.0. The molecule has 4 rings (SSSR count). The molecule has 6 nitrogen and oxygen atoms in total. The molecule has 0 bridgehead atoms. The number of nitrogens with one attached hydrogen (secondary N) is 1. The van der Waals surface area contributed by atoms with E-state index in [1.165, 1.54) is 41.8 Å². The highest BCUT2D eigenvalue weighted by atomic mass is 79.9. The van der Waals surface area contributed by atoms with Gasteiger partial charge in [0.1, 0.15) is 11.6 Å². The molecule has 1 saturated carbocycles. The zero-order valence-electron chi connectivity index (χ0n) is 18.5. The molecule has 0 radical (unpaired) electrons. The Morgan fingerprint density at radius 3 is 2.26 bits per heavy atom. The molecule has 34 heavy (non-hydrogen) atoms. The monoisotopic (exact) mass is 577 g/mol. The number of hydrogen-bond acceptors (Lipinski definition) is 4. The summed E-state index contributed by atoms with van der Waals surface area (Å²) in [6.45, 7) is 2.01. The van der Waals surface area contributed by atoms with Crippen LogP contribution < -0.4 is 5.32 Å². The van der Waals surface area contributed by atoms with Crippen LogP contribution in [0.15, 0.2) is 45.8 Å². The lowest BCUT2D eigenvalue weighted by Crippen LogP contribution is -2.52. The maximum absolute atomic E-state index is 14.4. The third-order valence-electron chi connectivity index (χ3n) is 6.36. The number of amides is 1. The van der Waals surface area contributed by atoms with Crippen LogP contribution in [0.2, 0.25) is 0 Å². The third kappa shape index (κ3) is 5.96. The normalized spacial score (nSPS) is 18.3. The molecule has 0 atom stereocenters. The van der Waals surface area contributed by atoms with E-state index in [4.69, 9.17) is 0 Å². The molecule has 2 fully saturated rings. The summed E-state index contributed by atoms with van der Waals surface area (Å²) < 4.78 is 56.7. The lowest BCUT2D eigenvalue weighted by atomic mass is 9.94. The summed E-state index contributed by atoms with van der Waals surface area (Å²) in [6, 6.07) is 7.69. The second-order valence-corrected chi connectivity index (χ2v) is 11.3. The zero-order chi connectivity index (χ0) is 23.6. The lowest BCUT2D eigenvalue weighted by Gasteiger charge is -2.40. The summed E-state index contributed by atoms with van der Waals surface area (Å²) in [4.78, 5) is 14.8. The summed E-state index contributed by atoms with van der Waals surface area (Å²) in [5.41, 5.74) is -0.589. The minimum absolute atomic E-state index is 0. The number of nitrogens with zero attached hydrogens (tertiary/aromatic N) is 2. The lowest BCUT2D eigenvalue weighted by molar-refractivity contribution is 0.102. The molecule has 1 aliphatic heterocycles. The maximum Gasteiger partial charge on any atom is 0.258 e. The molecule has 1 N–H and O–H groups in total. The molecule has 1 amide bonds. The zero-order valence-corrected chi connectivity index (χ0v) is 21.7. The predicted molar refractivity (Wildman–Crippen MR) is 133 cm³/mol. The van der Waals surface area contributed by atoms with E-state index in [1.54, 1.807) is 0 Å². The Kier molecular flexibility index (Phi) is 9.08. The number of halogens is 4. The third-order valence-corrected chi connectivity index (χ3v) is 8.75. The standard InChI is InChI=1S/C23H26BrF2N3O3S.ClH/c24-16-6-9-22(21(26)14-16)27-23(30)19-15-18(7-8-20(19)25)33(31,32)29-12-10-28(11-13-29)17-4-2-1-3-5-17;/h6-9,14-15,17H,1-5,10-13H2,(H,27,30);1H. The first-order chi connectivity index (χ1) is 15.8. The Morgan fingerprint density at radius 1 is 0.941 bits per heavy atom. The molecule has 0 aromatic heterocycles. The van der Waals surface area contributed by atoms with Gasteiger partial charge in [0.2, 0.25) is 10.0 Å². The van der Waals surface area contributed by atoms with E-state index in [9.17, 15) is 22.0 Å². The second kappa shape index (κ2) is 11.4. The molecule has 1 saturated heterocycles. The Bertz CT molecular complexity index is 1140. The summed E-state index contributed by atoms with van der Waals surface area (Å²) in [5.74, 6) is -2.50. The van der Waals surface area contributed by atoms with Crippen LogP contribution in [-0.4, -0.2) is 55.8 Å². The van der Waals surface area contributed by atoms with E-state index in [1.807, 2.05) is 0 Å². The van der Waals surface area contributed by atoms with Gasteiger partial charge in [0, 0.05) is 36.7 Å². The van der Waals surface area contributed by atoms with Crippen molar-refractivity contribution in [2.75, 3.05) is 31.5 Å². The highest BCUT2D eigenvalue weighted by molar-refractivity contribution is 9.10. The average Bonchev–Trinajstić information content (AvgIpc) is 2.81. The molecular weight excluding hydrogens is 552 g/mol. The Morgan fingerprint density at radius 2 is 1.62 bits per heavy atom. The molecule has 0 spiro atoms. The van der Waals surface area contributed by atoms with Crippen molar-refractivity contribution in [3.8, 4) is 0 Å². The van der Waals surface area contributed by atoms with Gasteiger partial charge in [-0.15, -0.1) is 12.4 Å². The fourth-order valence-electron chi connectivity index (χ4n) is 4.52. The van der Waals surface area contributed by atoms with E-state index in [0.717, 1.165) is 31.0 Å². The SMILES string of the molecule is Cl.O=C(Nc1ccc(Br)cc1F)c1cc(S(=O)(=O)N2CCN(C3CCCCC3)CC2)ccc1F. The fourth-order valence-corrected chi connectivity index (χ4v) is 6.31. The Labute approximate surface area is 213 Å². The van der Waals surface area contributed by atoms with Gasteiger partial charge >= 0.3 is 0 Å². The van der Waals surface area contributed by atoms with Crippen LogP contribution in [-0.2, 0) is 10.0 Å². The summed E-state index contributed by atoms with van der Waals surface area (Å²) in [7, 11) is -3.90. The van der Waals surface area contributed by atoms with Crippen molar-refractivity contribution >= 4 is 50.0 Å². The number of piperazine rings is 1. The van der Waals surface area contributed by atoms with Crippen LogP contribution in [0, 0.1) is 11.6 Å². The Hall–Kier alpha value is -1.59. The number of carbonyl (C=O) groups is 1. The fraction of sp³-hybridized carbons (Fsp3) is 0.435. The molecule has 2 aliphatic rings. The number of carbonyl (C=O) groups excluding carboxylic acids is 1. The number of anilines is 1. The number of sulfonamides is 1. The van der Waals surface area contributed by atoms with Gasteiger partial charge < -0.3 is 5.32 Å². The van der Waals surface area contributed by atoms with Crippen LogP contribution in [0.25, 0.3) is 0 Å². The summed E-state index contributed by atoms with van der Waals surface area (Å²) in [6.07, 6.45) is 6.01. The van der Waals surface area contributed by atoms with Crippen molar-refractivity contribution in [2.45, 2.75) is 43.0 Å². The minimum Gasteiger partial charge on any atom is -0.319 e. The van der Waals surface area contributed by atoms with Crippen LogP contribution in [0.3, 0.4) is 0 Å². The van der Waals surface area contributed by atoms with Crippen molar-refractivity contribution in [2.24, 2.45) is 0 Å². The molecule has 186 valence electrons.